The summed E-state index contributed by atoms with van der Waals surface area (Å²) in [4.78, 5) is 40.3. The first kappa shape index (κ1) is 20.4. The number of amides is 1. The van der Waals surface area contributed by atoms with E-state index in [4.69, 9.17) is 0 Å². The lowest BCUT2D eigenvalue weighted by Crippen LogP contribution is -2.26. The van der Waals surface area contributed by atoms with Crippen LogP contribution in [0.4, 0.5) is 0 Å². The fraction of sp³-hybridized carbons (Fsp3) is 0.381. The van der Waals surface area contributed by atoms with Gasteiger partial charge in [-0.1, -0.05) is 13.8 Å². The third kappa shape index (κ3) is 5.37. The second kappa shape index (κ2) is 9.27. The van der Waals surface area contributed by atoms with Gasteiger partial charge in [0.2, 0.25) is 5.91 Å². The van der Waals surface area contributed by atoms with Gasteiger partial charge in [0.1, 0.15) is 11.6 Å². The number of imidazole rings is 1. The second-order valence-corrected chi connectivity index (χ2v) is 7.38. The summed E-state index contributed by atoms with van der Waals surface area (Å²) < 4.78 is 2.04. The molecule has 0 aromatic carbocycles. The molecule has 8 heteroatoms. The molecule has 0 saturated heterocycles. The van der Waals surface area contributed by atoms with Crippen LogP contribution in [0.25, 0.3) is 11.4 Å². The molecule has 0 radical (unpaired) electrons. The monoisotopic (exact) mass is 394 g/mol. The molecular formula is C21H26N6O2. The molecule has 152 valence electrons. The van der Waals surface area contributed by atoms with E-state index in [0.29, 0.717) is 36.0 Å². The maximum atomic E-state index is 12.5. The molecule has 8 nitrogen and oxygen atoms in total. The first-order valence-electron chi connectivity index (χ1n) is 9.71. The third-order valence-corrected chi connectivity index (χ3v) is 4.59. The van der Waals surface area contributed by atoms with E-state index in [1.807, 2.05) is 10.8 Å². The molecule has 0 spiro atoms. The van der Waals surface area contributed by atoms with Crippen LogP contribution in [0, 0.1) is 12.8 Å². The minimum Gasteiger partial charge on any atom is -0.349 e. The average Bonchev–Trinajstić information content (AvgIpc) is 3.12. The van der Waals surface area contributed by atoms with Crippen LogP contribution < -0.4 is 10.9 Å². The van der Waals surface area contributed by atoms with Gasteiger partial charge in [-0.25, -0.2) is 9.97 Å². The number of H-pyrrole nitrogens is 1. The van der Waals surface area contributed by atoms with Crippen molar-refractivity contribution in [2.24, 2.45) is 5.92 Å². The van der Waals surface area contributed by atoms with Crippen molar-refractivity contribution in [1.82, 2.24) is 29.8 Å². The zero-order chi connectivity index (χ0) is 20.8. The quantitative estimate of drug-likeness (QED) is 0.609. The number of nitrogens with zero attached hydrogens (tertiary/aromatic N) is 4. The largest absolute Gasteiger partial charge is 0.349 e. The molecule has 0 saturated carbocycles. The van der Waals surface area contributed by atoms with Crippen LogP contribution in [0.1, 0.15) is 37.4 Å². The molecule has 3 aromatic rings. The predicted octanol–water partition coefficient (Wildman–Crippen LogP) is 2.24. The predicted molar refractivity (Wildman–Crippen MR) is 110 cm³/mol. The van der Waals surface area contributed by atoms with Crippen LogP contribution in [0.5, 0.6) is 0 Å². The minimum absolute atomic E-state index is 0.124. The van der Waals surface area contributed by atoms with Crippen LogP contribution in [0.15, 0.2) is 41.7 Å². The number of carbonyl (C=O) groups is 1. The van der Waals surface area contributed by atoms with Gasteiger partial charge in [-0.3, -0.25) is 14.6 Å². The van der Waals surface area contributed by atoms with E-state index in [0.717, 1.165) is 17.9 Å². The molecule has 3 rings (SSSR count). The summed E-state index contributed by atoms with van der Waals surface area (Å²) in [6.07, 6.45) is 7.50. The lowest BCUT2D eigenvalue weighted by Gasteiger charge is -2.11. The Morgan fingerprint density at radius 3 is 2.69 bits per heavy atom. The zero-order valence-corrected chi connectivity index (χ0v) is 17.0. The summed E-state index contributed by atoms with van der Waals surface area (Å²) in [7, 11) is 0. The zero-order valence-electron chi connectivity index (χ0n) is 17.0. The smallest absolute Gasteiger partial charge is 0.254 e. The Hall–Kier alpha value is -3.29. The van der Waals surface area contributed by atoms with Gasteiger partial charge in [-0.05, 0) is 31.4 Å². The second-order valence-electron chi connectivity index (χ2n) is 7.38. The maximum absolute atomic E-state index is 12.5. The highest BCUT2D eigenvalue weighted by Crippen LogP contribution is 2.13. The number of rotatable bonds is 8. The number of hydrogen-bond donors (Lipinski definition) is 2. The maximum Gasteiger partial charge on any atom is 0.254 e. The molecule has 0 aliphatic carbocycles. The third-order valence-electron chi connectivity index (χ3n) is 4.59. The van der Waals surface area contributed by atoms with Crippen molar-refractivity contribution in [3.8, 4) is 11.4 Å². The molecule has 0 aliphatic rings. The molecular weight excluding hydrogens is 368 g/mol. The molecule has 29 heavy (non-hydrogen) atoms. The van der Waals surface area contributed by atoms with Crippen molar-refractivity contribution in [2.45, 2.75) is 46.7 Å². The first-order chi connectivity index (χ1) is 13.9. The summed E-state index contributed by atoms with van der Waals surface area (Å²) in [6.45, 7) is 7.28. The number of pyridine rings is 1. The van der Waals surface area contributed by atoms with Gasteiger partial charge in [-0.15, -0.1) is 0 Å². The van der Waals surface area contributed by atoms with Crippen molar-refractivity contribution < 1.29 is 4.79 Å². The van der Waals surface area contributed by atoms with Gasteiger partial charge in [0.05, 0.1) is 6.54 Å². The minimum atomic E-state index is -0.218. The van der Waals surface area contributed by atoms with Gasteiger partial charge < -0.3 is 14.9 Å². The molecule has 1 amide bonds. The fourth-order valence-corrected chi connectivity index (χ4v) is 3.12. The van der Waals surface area contributed by atoms with Crippen molar-refractivity contribution in [3.05, 3.63) is 64.4 Å². The van der Waals surface area contributed by atoms with Crippen LogP contribution in [-0.2, 0) is 24.3 Å². The fourth-order valence-electron chi connectivity index (χ4n) is 3.12. The van der Waals surface area contributed by atoms with Gasteiger partial charge in [-0.2, -0.15) is 0 Å². The van der Waals surface area contributed by atoms with E-state index in [2.05, 4.69) is 39.1 Å². The molecule has 0 aliphatic heterocycles. The Bertz CT molecular complexity index is 1020. The number of aromatic nitrogens is 5. The normalized spacial score (nSPS) is 11.0. The SMILES string of the molecule is Cc1nc(-c2ccncc2)[nH]c(=O)c1CCC(=O)NCc1nccn1CC(C)C. The van der Waals surface area contributed by atoms with Crippen LogP contribution >= 0.6 is 0 Å². The highest BCUT2D eigenvalue weighted by atomic mass is 16.1. The van der Waals surface area contributed by atoms with Crippen molar-refractivity contribution in [3.63, 3.8) is 0 Å². The summed E-state index contributed by atoms with van der Waals surface area (Å²) in [6, 6.07) is 3.57. The van der Waals surface area contributed by atoms with Gasteiger partial charge in [0, 0.05) is 54.6 Å². The summed E-state index contributed by atoms with van der Waals surface area (Å²) in [5, 5.41) is 2.88. The lowest BCUT2D eigenvalue weighted by atomic mass is 10.1. The molecule has 0 fully saturated rings. The Labute approximate surface area is 169 Å². The van der Waals surface area contributed by atoms with Gasteiger partial charge in [0.15, 0.2) is 0 Å². The number of nitrogens with one attached hydrogen (secondary N) is 2. The molecule has 0 unspecified atom stereocenters. The van der Waals surface area contributed by atoms with Crippen LogP contribution in [0.3, 0.4) is 0 Å². The van der Waals surface area contributed by atoms with Crippen LogP contribution in [0.2, 0.25) is 0 Å². The first-order valence-corrected chi connectivity index (χ1v) is 9.71. The number of hydrogen-bond acceptors (Lipinski definition) is 5. The van der Waals surface area contributed by atoms with E-state index in [1.54, 1.807) is 37.6 Å². The van der Waals surface area contributed by atoms with E-state index >= 15 is 0 Å². The van der Waals surface area contributed by atoms with E-state index in [9.17, 15) is 9.59 Å². The topological polar surface area (TPSA) is 106 Å². The molecule has 3 heterocycles. The van der Waals surface area contributed by atoms with E-state index < -0.39 is 0 Å². The van der Waals surface area contributed by atoms with E-state index in [1.165, 1.54) is 0 Å². The van der Waals surface area contributed by atoms with Gasteiger partial charge in [0.25, 0.3) is 5.56 Å². The molecule has 0 atom stereocenters. The molecule has 2 N–H and O–H groups in total. The Morgan fingerprint density at radius 1 is 1.24 bits per heavy atom. The number of carbonyl (C=O) groups excluding carboxylic acids is 1. The average molecular weight is 394 g/mol. The Balaban J connectivity index is 1.59. The summed E-state index contributed by atoms with van der Waals surface area (Å²) >= 11 is 0. The van der Waals surface area contributed by atoms with Crippen molar-refractivity contribution in [1.29, 1.82) is 0 Å². The Morgan fingerprint density at radius 2 is 2.00 bits per heavy atom. The van der Waals surface area contributed by atoms with E-state index in [-0.39, 0.29) is 17.9 Å². The van der Waals surface area contributed by atoms with Gasteiger partial charge >= 0.3 is 0 Å². The van der Waals surface area contributed by atoms with Crippen LogP contribution in [-0.4, -0.2) is 30.4 Å². The highest BCUT2D eigenvalue weighted by molar-refractivity contribution is 5.76. The highest BCUT2D eigenvalue weighted by Gasteiger charge is 2.12. The van der Waals surface area contributed by atoms with Crippen molar-refractivity contribution in [2.75, 3.05) is 0 Å². The molecule has 0 bridgehead atoms. The standard InChI is InChI=1S/C21H26N6O2/c1-14(2)13-27-11-10-23-18(27)12-24-19(28)5-4-17-15(3)25-20(26-21(17)29)16-6-8-22-9-7-16/h6-11,14H,4-5,12-13H2,1-3H3,(H,24,28)(H,25,26,29). The molecule has 3 aromatic heterocycles. The summed E-state index contributed by atoms with van der Waals surface area (Å²) in [5.41, 5.74) is 1.73. The lowest BCUT2D eigenvalue weighted by molar-refractivity contribution is -0.121. The summed E-state index contributed by atoms with van der Waals surface area (Å²) in [5.74, 6) is 1.70. The number of aryl methyl sites for hydroxylation is 1. The van der Waals surface area contributed by atoms with Crippen molar-refractivity contribution >= 4 is 5.91 Å². The Kier molecular flexibility index (Phi) is 6.54. The number of aromatic amines is 1.